The second kappa shape index (κ2) is 6.63. The maximum absolute atomic E-state index is 12.6. The predicted molar refractivity (Wildman–Crippen MR) is 88.1 cm³/mol. The van der Waals surface area contributed by atoms with Gasteiger partial charge in [0.15, 0.2) is 5.82 Å². The second-order valence-corrected chi connectivity index (χ2v) is 5.36. The number of nitrogens with two attached hydrogens (primary N) is 1. The lowest BCUT2D eigenvalue weighted by Crippen LogP contribution is -2.26. The third kappa shape index (κ3) is 3.04. The first kappa shape index (κ1) is 15.9. The molecule has 24 heavy (non-hydrogen) atoms. The summed E-state index contributed by atoms with van der Waals surface area (Å²) in [5.41, 5.74) is 7.08. The van der Waals surface area contributed by atoms with Crippen molar-refractivity contribution in [2.75, 3.05) is 7.11 Å². The van der Waals surface area contributed by atoms with Crippen LogP contribution in [0.15, 0.2) is 47.8 Å². The molecule has 0 aliphatic rings. The Morgan fingerprint density at radius 1 is 1.21 bits per heavy atom. The van der Waals surface area contributed by atoms with Crippen LogP contribution < -0.4 is 16.2 Å². The van der Waals surface area contributed by atoms with E-state index in [2.05, 4.69) is 15.1 Å². The molecular weight excluding hydrogens is 308 g/mol. The number of methoxy groups -OCH3 is 1. The largest absolute Gasteiger partial charge is 0.497 e. The maximum atomic E-state index is 12.6. The minimum Gasteiger partial charge on any atom is -0.497 e. The molecule has 0 aliphatic heterocycles. The fourth-order valence-corrected chi connectivity index (χ4v) is 2.34. The van der Waals surface area contributed by atoms with E-state index in [1.165, 1.54) is 21.8 Å². The van der Waals surface area contributed by atoms with Crippen LogP contribution in [0.2, 0.25) is 0 Å². The fraction of sp³-hybridized carbons (Fsp3) is 0.250. The van der Waals surface area contributed by atoms with E-state index >= 15 is 0 Å². The van der Waals surface area contributed by atoms with E-state index in [-0.39, 0.29) is 11.7 Å². The van der Waals surface area contributed by atoms with Crippen molar-refractivity contribution in [2.45, 2.75) is 19.5 Å². The number of nitrogens with zero attached hydrogens (tertiary/aromatic N) is 5. The van der Waals surface area contributed by atoms with Gasteiger partial charge in [-0.1, -0.05) is 12.1 Å². The molecule has 0 spiro atoms. The SMILES string of the molecule is COc1ccc(Cn2cnn(-c3nccnc3C(C)N)c2=O)cc1. The molecule has 8 heteroatoms. The zero-order valence-electron chi connectivity index (χ0n) is 13.5. The lowest BCUT2D eigenvalue weighted by molar-refractivity contribution is 0.414. The van der Waals surface area contributed by atoms with E-state index in [4.69, 9.17) is 10.5 Å². The molecule has 0 saturated carbocycles. The van der Waals surface area contributed by atoms with Gasteiger partial charge in [-0.2, -0.15) is 9.78 Å². The molecule has 0 bridgehead atoms. The molecule has 124 valence electrons. The number of rotatable bonds is 5. The third-order valence-electron chi connectivity index (χ3n) is 3.58. The van der Waals surface area contributed by atoms with Gasteiger partial charge in [0.25, 0.3) is 0 Å². The summed E-state index contributed by atoms with van der Waals surface area (Å²) in [7, 11) is 1.61. The van der Waals surface area contributed by atoms with Crippen molar-refractivity contribution in [1.82, 2.24) is 24.3 Å². The van der Waals surface area contributed by atoms with E-state index in [0.29, 0.717) is 18.1 Å². The zero-order valence-corrected chi connectivity index (χ0v) is 13.5. The van der Waals surface area contributed by atoms with Crippen molar-refractivity contribution >= 4 is 0 Å². The van der Waals surface area contributed by atoms with E-state index in [1.54, 1.807) is 20.2 Å². The van der Waals surface area contributed by atoms with Gasteiger partial charge in [-0.15, -0.1) is 0 Å². The van der Waals surface area contributed by atoms with Gasteiger partial charge in [-0.05, 0) is 24.6 Å². The Labute approximate surface area is 138 Å². The second-order valence-electron chi connectivity index (χ2n) is 5.36. The molecule has 3 aromatic rings. The monoisotopic (exact) mass is 326 g/mol. The lowest BCUT2D eigenvalue weighted by atomic mass is 10.2. The standard InChI is InChI=1S/C16H18N6O2/c1-11(17)14-15(19-8-7-18-14)22-16(23)21(10-20-22)9-12-3-5-13(24-2)6-4-12/h3-8,10-11H,9,17H2,1-2H3. The number of benzene rings is 1. The molecular formula is C16H18N6O2. The van der Waals surface area contributed by atoms with E-state index in [9.17, 15) is 4.79 Å². The lowest BCUT2D eigenvalue weighted by Gasteiger charge is -2.08. The third-order valence-corrected chi connectivity index (χ3v) is 3.58. The first-order valence-corrected chi connectivity index (χ1v) is 7.44. The highest BCUT2D eigenvalue weighted by atomic mass is 16.5. The van der Waals surface area contributed by atoms with Crippen molar-refractivity contribution < 1.29 is 4.74 Å². The van der Waals surface area contributed by atoms with Gasteiger partial charge in [0, 0.05) is 18.4 Å². The summed E-state index contributed by atoms with van der Waals surface area (Å²) in [4.78, 5) is 21.0. The first-order chi connectivity index (χ1) is 11.6. The Kier molecular flexibility index (Phi) is 4.39. The molecule has 1 atom stereocenters. The number of hydrogen-bond acceptors (Lipinski definition) is 6. The van der Waals surface area contributed by atoms with Gasteiger partial charge >= 0.3 is 5.69 Å². The van der Waals surface area contributed by atoms with Crippen molar-refractivity contribution in [3.63, 3.8) is 0 Å². The Hall–Kier alpha value is -3.00. The molecule has 2 N–H and O–H groups in total. The summed E-state index contributed by atoms with van der Waals surface area (Å²) in [6.45, 7) is 2.18. The average Bonchev–Trinajstić information content (AvgIpc) is 2.96. The average molecular weight is 326 g/mol. The molecule has 1 aromatic carbocycles. The van der Waals surface area contributed by atoms with Crippen LogP contribution in [0.5, 0.6) is 5.75 Å². The topological polar surface area (TPSA) is 101 Å². The minimum atomic E-state index is -0.354. The maximum Gasteiger partial charge on any atom is 0.352 e. The summed E-state index contributed by atoms with van der Waals surface area (Å²) in [5.74, 6) is 1.12. The van der Waals surface area contributed by atoms with Crippen molar-refractivity contribution in [3.05, 3.63) is 64.7 Å². The van der Waals surface area contributed by atoms with Crippen molar-refractivity contribution in [1.29, 1.82) is 0 Å². The summed E-state index contributed by atoms with van der Waals surface area (Å²) in [5, 5.41) is 4.14. The van der Waals surface area contributed by atoms with Crippen LogP contribution in [0.25, 0.3) is 5.82 Å². The molecule has 0 fully saturated rings. The zero-order chi connectivity index (χ0) is 17.1. The van der Waals surface area contributed by atoms with Gasteiger partial charge in [-0.3, -0.25) is 9.55 Å². The summed E-state index contributed by atoms with van der Waals surface area (Å²) >= 11 is 0. The molecule has 0 amide bonds. The number of hydrogen-bond donors (Lipinski definition) is 1. The molecule has 0 aliphatic carbocycles. The molecule has 3 rings (SSSR count). The fourth-order valence-electron chi connectivity index (χ4n) is 2.34. The van der Waals surface area contributed by atoms with Crippen LogP contribution in [-0.4, -0.2) is 31.4 Å². The predicted octanol–water partition coefficient (Wildman–Crippen LogP) is 0.901. The highest BCUT2D eigenvalue weighted by Crippen LogP contribution is 2.13. The van der Waals surface area contributed by atoms with Gasteiger partial charge in [-0.25, -0.2) is 9.78 Å². The molecule has 0 radical (unpaired) electrons. The Morgan fingerprint density at radius 2 is 1.92 bits per heavy atom. The van der Waals surface area contributed by atoms with Crippen molar-refractivity contribution in [2.24, 2.45) is 5.73 Å². The Balaban J connectivity index is 1.93. The van der Waals surface area contributed by atoms with Gasteiger partial charge in [0.1, 0.15) is 17.8 Å². The van der Waals surface area contributed by atoms with Gasteiger partial charge < -0.3 is 10.5 Å². The van der Waals surface area contributed by atoms with Crippen LogP contribution in [-0.2, 0) is 6.54 Å². The van der Waals surface area contributed by atoms with E-state index in [0.717, 1.165) is 11.3 Å². The number of ether oxygens (including phenoxy) is 1. The normalized spacial score (nSPS) is 12.1. The smallest absolute Gasteiger partial charge is 0.352 e. The summed E-state index contributed by atoms with van der Waals surface area (Å²) in [6, 6.07) is 7.15. The highest BCUT2D eigenvalue weighted by Gasteiger charge is 2.16. The van der Waals surface area contributed by atoms with Gasteiger partial charge in [0.2, 0.25) is 0 Å². The van der Waals surface area contributed by atoms with Crippen LogP contribution >= 0.6 is 0 Å². The molecule has 2 heterocycles. The molecule has 1 unspecified atom stereocenters. The van der Waals surface area contributed by atoms with Crippen LogP contribution in [0.3, 0.4) is 0 Å². The Bertz CT molecular complexity index is 882. The van der Waals surface area contributed by atoms with Crippen LogP contribution in [0, 0.1) is 0 Å². The molecule has 0 saturated heterocycles. The summed E-state index contributed by atoms with van der Waals surface area (Å²) in [6.07, 6.45) is 4.53. The number of aromatic nitrogens is 5. The quantitative estimate of drug-likeness (QED) is 0.747. The molecule has 2 aromatic heterocycles. The van der Waals surface area contributed by atoms with E-state index < -0.39 is 0 Å². The Morgan fingerprint density at radius 3 is 2.58 bits per heavy atom. The highest BCUT2D eigenvalue weighted by molar-refractivity contribution is 5.29. The van der Waals surface area contributed by atoms with Crippen LogP contribution in [0.4, 0.5) is 0 Å². The molecule has 8 nitrogen and oxygen atoms in total. The first-order valence-electron chi connectivity index (χ1n) is 7.44. The van der Waals surface area contributed by atoms with Crippen molar-refractivity contribution in [3.8, 4) is 11.6 Å². The summed E-state index contributed by atoms with van der Waals surface area (Å²) < 4.78 is 7.85. The minimum absolute atomic E-state index is 0.298. The van der Waals surface area contributed by atoms with Gasteiger partial charge in [0.05, 0.1) is 13.7 Å². The van der Waals surface area contributed by atoms with E-state index in [1.807, 2.05) is 24.3 Å². The van der Waals surface area contributed by atoms with Crippen LogP contribution in [0.1, 0.15) is 24.2 Å².